The number of benzene rings is 6. The summed E-state index contributed by atoms with van der Waals surface area (Å²) in [5.74, 6) is 1.93. The van der Waals surface area contributed by atoms with E-state index < -0.39 is 0 Å². The Hall–Kier alpha value is -5.94. The first-order valence-electron chi connectivity index (χ1n) is 15.1. The van der Waals surface area contributed by atoms with Crippen LogP contribution in [0.4, 0.5) is 0 Å². The largest absolute Gasteiger partial charge is 0.456 e. The van der Waals surface area contributed by atoms with Gasteiger partial charge in [-0.1, -0.05) is 84.9 Å². The molecule has 3 heterocycles. The van der Waals surface area contributed by atoms with Crippen molar-refractivity contribution in [2.24, 2.45) is 14.1 Å². The number of rotatable bonds is 4. The van der Waals surface area contributed by atoms with E-state index >= 15 is 0 Å². The van der Waals surface area contributed by atoms with Gasteiger partial charge in [0.2, 0.25) is 0 Å². The molecule has 5 nitrogen and oxygen atoms in total. The summed E-state index contributed by atoms with van der Waals surface area (Å²) in [5, 5.41) is 2.24. The standard InChI is InChI=1S/C40H28N4O/c1-43-35-9-5-3-7-33(35)41-39(43)27-15-11-25(12-16-27)29-19-21-31-32-22-20-30(24-38(32)45-37(31)23-29)26-13-17-28(18-14-26)40-42-34-8-4-6-10-36(34)44(40)2/h3-24H,1-2H3. The highest BCUT2D eigenvalue weighted by Gasteiger charge is 2.13. The van der Waals surface area contributed by atoms with Gasteiger partial charge in [0.25, 0.3) is 0 Å². The Morgan fingerprint density at radius 2 is 0.800 bits per heavy atom. The molecule has 6 aromatic carbocycles. The molecule has 0 aliphatic heterocycles. The van der Waals surface area contributed by atoms with Crippen LogP contribution in [-0.4, -0.2) is 19.1 Å². The molecular weight excluding hydrogens is 552 g/mol. The third-order valence-corrected chi connectivity index (χ3v) is 9.00. The van der Waals surface area contributed by atoms with Crippen LogP contribution in [0.5, 0.6) is 0 Å². The van der Waals surface area contributed by atoms with Crippen LogP contribution in [0.15, 0.2) is 138 Å². The Kier molecular flexibility index (Phi) is 5.56. The first-order chi connectivity index (χ1) is 22.1. The lowest BCUT2D eigenvalue weighted by Gasteiger charge is -2.06. The molecule has 0 radical (unpaired) electrons. The molecule has 0 unspecified atom stereocenters. The molecule has 0 spiro atoms. The average molecular weight is 581 g/mol. The van der Waals surface area contributed by atoms with E-state index in [2.05, 4.69) is 132 Å². The lowest BCUT2D eigenvalue weighted by Crippen LogP contribution is -1.92. The molecule has 0 aliphatic rings. The van der Waals surface area contributed by atoms with Gasteiger partial charge in [0.1, 0.15) is 22.8 Å². The minimum absolute atomic E-state index is 0.885. The molecule has 0 aliphatic carbocycles. The summed E-state index contributed by atoms with van der Waals surface area (Å²) in [5.41, 5.74) is 12.8. The SMILES string of the molecule is Cn1c(-c2ccc(-c3ccc4c(c3)oc3cc(-c5ccc(-c6nc7ccccc7n6C)cc5)ccc34)cc2)nc2ccccc21. The molecule has 3 aromatic heterocycles. The lowest BCUT2D eigenvalue weighted by atomic mass is 10.0. The number of imidazole rings is 2. The van der Waals surface area contributed by atoms with Crippen molar-refractivity contribution < 1.29 is 4.42 Å². The van der Waals surface area contributed by atoms with Gasteiger partial charge in [-0.25, -0.2) is 9.97 Å². The van der Waals surface area contributed by atoms with Crippen LogP contribution in [0.25, 0.3) is 89.0 Å². The highest BCUT2D eigenvalue weighted by molar-refractivity contribution is 6.07. The van der Waals surface area contributed by atoms with Gasteiger partial charge in [-0.3, -0.25) is 0 Å². The fraction of sp³-hybridized carbons (Fsp3) is 0.0500. The summed E-state index contributed by atoms with van der Waals surface area (Å²) >= 11 is 0. The van der Waals surface area contributed by atoms with E-state index in [0.717, 1.165) is 89.0 Å². The second-order valence-electron chi connectivity index (χ2n) is 11.6. The number of para-hydroxylation sites is 4. The van der Waals surface area contributed by atoms with Crippen molar-refractivity contribution in [2.75, 3.05) is 0 Å². The molecule has 9 rings (SSSR count). The minimum Gasteiger partial charge on any atom is -0.456 e. The third-order valence-electron chi connectivity index (χ3n) is 9.00. The summed E-state index contributed by atoms with van der Waals surface area (Å²) < 4.78 is 10.7. The minimum atomic E-state index is 0.885. The van der Waals surface area contributed by atoms with Crippen LogP contribution in [0.2, 0.25) is 0 Å². The van der Waals surface area contributed by atoms with Gasteiger partial charge in [-0.2, -0.15) is 0 Å². The van der Waals surface area contributed by atoms with Gasteiger partial charge in [0, 0.05) is 36.0 Å². The predicted molar refractivity (Wildman–Crippen MR) is 184 cm³/mol. The highest BCUT2D eigenvalue weighted by atomic mass is 16.3. The molecule has 0 fully saturated rings. The number of fused-ring (bicyclic) bond motifs is 5. The van der Waals surface area contributed by atoms with Gasteiger partial charge >= 0.3 is 0 Å². The first-order valence-corrected chi connectivity index (χ1v) is 15.1. The quantitative estimate of drug-likeness (QED) is 0.208. The zero-order valence-corrected chi connectivity index (χ0v) is 24.9. The van der Waals surface area contributed by atoms with Crippen LogP contribution in [-0.2, 0) is 14.1 Å². The Morgan fingerprint density at radius 3 is 1.22 bits per heavy atom. The molecule has 0 N–H and O–H groups in total. The van der Waals surface area contributed by atoms with Crippen molar-refractivity contribution in [3.05, 3.63) is 133 Å². The summed E-state index contributed by atoms with van der Waals surface area (Å²) in [6.45, 7) is 0. The zero-order valence-electron chi connectivity index (χ0n) is 24.9. The molecule has 0 bridgehead atoms. The monoisotopic (exact) mass is 580 g/mol. The van der Waals surface area contributed by atoms with Gasteiger partial charge in [-0.15, -0.1) is 0 Å². The number of aromatic nitrogens is 4. The number of aryl methyl sites for hydroxylation is 2. The molecule has 0 saturated carbocycles. The van der Waals surface area contributed by atoms with Crippen LogP contribution >= 0.6 is 0 Å². The van der Waals surface area contributed by atoms with E-state index in [1.54, 1.807) is 0 Å². The normalized spacial score (nSPS) is 11.8. The lowest BCUT2D eigenvalue weighted by molar-refractivity contribution is 0.669. The van der Waals surface area contributed by atoms with Crippen molar-refractivity contribution in [3.63, 3.8) is 0 Å². The Labute approximate surface area is 259 Å². The number of hydrogen-bond acceptors (Lipinski definition) is 3. The van der Waals surface area contributed by atoms with Gasteiger partial charge in [0.05, 0.1) is 22.1 Å². The maximum absolute atomic E-state index is 6.43. The van der Waals surface area contributed by atoms with Crippen molar-refractivity contribution in [2.45, 2.75) is 0 Å². The highest BCUT2D eigenvalue weighted by Crippen LogP contribution is 2.36. The van der Waals surface area contributed by atoms with Gasteiger partial charge in [0.15, 0.2) is 0 Å². The number of furan rings is 1. The van der Waals surface area contributed by atoms with Gasteiger partial charge < -0.3 is 13.6 Å². The number of nitrogens with zero attached hydrogens (tertiary/aromatic N) is 4. The summed E-state index contributed by atoms with van der Waals surface area (Å²) in [7, 11) is 4.14. The molecule has 5 heteroatoms. The second kappa shape index (κ2) is 9.79. The first kappa shape index (κ1) is 25.5. The average Bonchev–Trinajstić information content (AvgIpc) is 3.75. The fourth-order valence-electron chi connectivity index (χ4n) is 6.57. The van der Waals surface area contributed by atoms with Crippen molar-refractivity contribution in [3.8, 4) is 45.0 Å². The molecule has 45 heavy (non-hydrogen) atoms. The zero-order chi connectivity index (χ0) is 30.1. The van der Waals surface area contributed by atoms with Crippen LogP contribution in [0, 0.1) is 0 Å². The van der Waals surface area contributed by atoms with E-state index in [9.17, 15) is 0 Å². The molecule has 214 valence electrons. The summed E-state index contributed by atoms with van der Waals surface area (Å²) in [6, 6.07) is 46.7. The molecular formula is C40H28N4O. The van der Waals surface area contributed by atoms with Crippen molar-refractivity contribution >= 4 is 44.0 Å². The number of hydrogen-bond donors (Lipinski definition) is 0. The van der Waals surface area contributed by atoms with Crippen molar-refractivity contribution in [1.82, 2.24) is 19.1 Å². The second-order valence-corrected chi connectivity index (χ2v) is 11.6. The van der Waals surface area contributed by atoms with Gasteiger partial charge in [-0.05, 0) is 70.8 Å². The van der Waals surface area contributed by atoms with E-state index in [4.69, 9.17) is 14.4 Å². The Balaban J connectivity index is 1.02. The fourth-order valence-corrected chi connectivity index (χ4v) is 6.57. The molecule has 9 aromatic rings. The van der Waals surface area contributed by atoms with Crippen molar-refractivity contribution in [1.29, 1.82) is 0 Å². The van der Waals surface area contributed by atoms with E-state index in [1.807, 2.05) is 24.3 Å². The third kappa shape index (κ3) is 4.09. The smallest absolute Gasteiger partial charge is 0.140 e. The summed E-state index contributed by atoms with van der Waals surface area (Å²) in [4.78, 5) is 9.71. The van der Waals surface area contributed by atoms with E-state index in [0.29, 0.717) is 0 Å². The Morgan fingerprint density at radius 1 is 0.422 bits per heavy atom. The van der Waals surface area contributed by atoms with E-state index in [-0.39, 0.29) is 0 Å². The molecule has 0 amide bonds. The van der Waals surface area contributed by atoms with Crippen LogP contribution < -0.4 is 0 Å². The van der Waals surface area contributed by atoms with Crippen LogP contribution in [0.3, 0.4) is 0 Å². The molecule has 0 saturated heterocycles. The van der Waals surface area contributed by atoms with Crippen LogP contribution in [0.1, 0.15) is 0 Å². The van der Waals surface area contributed by atoms with E-state index in [1.165, 1.54) is 0 Å². The maximum atomic E-state index is 6.43. The maximum Gasteiger partial charge on any atom is 0.140 e. The Bertz CT molecular complexity index is 2370. The predicted octanol–water partition coefficient (Wildman–Crippen LogP) is 10.0. The summed E-state index contributed by atoms with van der Waals surface area (Å²) in [6.07, 6.45) is 0. The molecule has 0 atom stereocenters. The topological polar surface area (TPSA) is 48.8 Å².